The first-order valence-electron chi connectivity index (χ1n) is 9.31. The third-order valence-corrected chi connectivity index (χ3v) is 5.16. The van der Waals surface area contributed by atoms with Gasteiger partial charge in [0.25, 0.3) is 0 Å². The summed E-state index contributed by atoms with van der Waals surface area (Å²) < 4.78 is 13.4. The first-order valence-corrected chi connectivity index (χ1v) is 10.3. The van der Waals surface area contributed by atoms with E-state index >= 15 is 0 Å². The summed E-state index contributed by atoms with van der Waals surface area (Å²) in [5.74, 6) is 2.92. The van der Waals surface area contributed by atoms with Gasteiger partial charge in [0.1, 0.15) is 5.75 Å². The fourth-order valence-electron chi connectivity index (χ4n) is 2.89. The summed E-state index contributed by atoms with van der Waals surface area (Å²) in [5.41, 5.74) is 3.04. The second-order valence-electron chi connectivity index (χ2n) is 6.62. The predicted octanol–water partition coefficient (Wildman–Crippen LogP) is 5.22. The van der Waals surface area contributed by atoms with Crippen molar-refractivity contribution in [2.24, 2.45) is 0 Å². The molecule has 0 saturated carbocycles. The Kier molecular flexibility index (Phi) is 5.34. The van der Waals surface area contributed by atoms with Crippen molar-refractivity contribution in [2.45, 2.75) is 37.6 Å². The summed E-state index contributed by atoms with van der Waals surface area (Å²) in [7, 11) is 0. The van der Waals surface area contributed by atoms with Crippen molar-refractivity contribution in [3.63, 3.8) is 0 Å². The molecule has 2 aromatic heterocycles. The van der Waals surface area contributed by atoms with Gasteiger partial charge in [0.05, 0.1) is 23.4 Å². The number of hydrogen-bond acceptors (Lipinski definition) is 6. The fraction of sp³-hybridized carbons (Fsp3) is 0.286. The molecule has 0 radical (unpaired) electrons. The molecule has 0 saturated heterocycles. The van der Waals surface area contributed by atoms with Gasteiger partial charge < -0.3 is 9.15 Å². The first-order chi connectivity index (χ1) is 13.7. The normalized spacial score (nSPS) is 11.4. The van der Waals surface area contributed by atoms with E-state index in [1.165, 1.54) is 0 Å². The monoisotopic (exact) mass is 394 g/mol. The zero-order valence-electron chi connectivity index (χ0n) is 16.1. The van der Waals surface area contributed by atoms with Crippen LogP contribution in [0.5, 0.6) is 5.75 Å². The van der Waals surface area contributed by atoms with Crippen molar-refractivity contribution in [1.29, 1.82) is 0 Å². The number of benzene rings is 2. The van der Waals surface area contributed by atoms with Gasteiger partial charge >= 0.3 is 0 Å². The third-order valence-electron chi connectivity index (χ3n) is 4.24. The molecule has 0 fully saturated rings. The second kappa shape index (κ2) is 8.06. The lowest BCUT2D eigenvalue weighted by atomic mass is 10.2. The number of aromatic nitrogens is 4. The quantitative estimate of drug-likeness (QED) is 0.400. The van der Waals surface area contributed by atoms with Gasteiger partial charge in [-0.15, -0.1) is 10.2 Å². The Balaban J connectivity index is 1.66. The third kappa shape index (κ3) is 3.75. The van der Waals surface area contributed by atoms with E-state index in [1.807, 2.05) is 63.2 Å². The molecule has 4 aromatic rings. The van der Waals surface area contributed by atoms with E-state index in [9.17, 15) is 0 Å². The molecule has 0 aliphatic carbocycles. The van der Waals surface area contributed by atoms with E-state index < -0.39 is 0 Å². The van der Waals surface area contributed by atoms with Gasteiger partial charge in [0.15, 0.2) is 5.16 Å². The SMILES string of the molecule is CCOc1ccc(-n2c(SCc3nnc(C(C)C)o3)nc3ccccc32)cc1. The van der Waals surface area contributed by atoms with Crippen LogP contribution in [0.4, 0.5) is 0 Å². The highest BCUT2D eigenvalue weighted by atomic mass is 32.2. The topological polar surface area (TPSA) is 66.0 Å². The number of para-hydroxylation sites is 2. The number of rotatable bonds is 7. The molecule has 28 heavy (non-hydrogen) atoms. The fourth-order valence-corrected chi connectivity index (χ4v) is 3.76. The van der Waals surface area contributed by atoms with E-state index in [2.05, 4.69) is 20.8 Å². The molecule has 0 atom stereocenters. The van der Waals surface area contributed by atoms with Crippen LogP contribution >= 0.6 is 11.8 Å². The number of thioether (sulfide) groups is 1. The van der Waals surface area contributed by atoms with Crippen LogP contribution in [0.1, 0.15) is 38.5 Å². The first kappa shape index (κ1) is 18.6. The zero-order valence-corrected chi connectivity index (χ0v) is 16.9. The van der Waals surface area contributed by atoms with Gasteiger partial charge in [-0.2, -0.15) is 0 Å². The van der Waals surface area contributed by atoms with E-state index in [1.54, 1.807) is 11.8 Å². The van der Waals surface area contributed by atoms with Crippen LogP contribution < -0.4 is 4.74 Å². The van der Waals surface area contributed by atoms with Gasteiger partial charge in [-0.05, 0) is 43.3 Å². The molecule has 0 bridgehead atoms. The van der Waals surface area contributed by atoms with E-state index in [0.717, 1.165) is 27.6 Å². The van der Waals surface area contributed by atoms with Crippen LogP contribution in [0.15, 0.2) is 58.1 Å². The highest BCUT2D eigenvalue weighted by Crippen LogP contribution is 2.30. The summed E-state index contributed by atoms with van der Waals surface area (Å²) in [6, 6.07) is 16.2. The van der Waals surface area contributed by atoms with Crippen LogP contribution in [0.25, 0.3) is 16.7 Å². The minimum Gasteiger partial charge on any atom is -0.494 e. The van der Waals surface area contributed by atoms with Crippen molar-refractivity contribution >= 4 is 22.8 Å². The lowest BCUT2D eigenvalue weighted by Gasteiger charge is -2.10. The Morgan fingerprint density at radius 3 is 2.57 bits per heavy atom. The molecular weight excluding hydrogens is 372 g/mol. The number of nitrogens with zero attached hydrogens (tertiary/aromatic N) is 4. The Hall–Kier alpha value is -2.80. The molecule has 4 rings (SSSR count). The minimum atomic E-state index is 0.222. The van der Waals surface area contributed by atoms with Gasteiger partial charge in [0, 0.05) is 11.6 Å². The maximum absolute atomic E-state index is 5.73. The summed E-state index contributed by atoms with van der Waals surface area (Å²) >= 11 is 1.58. The molecule has 0 amide bonds. The van der Waals surface area contributed by atoms with Crippen LogP contribution in [0.3, 0.4) is 0 Å². The Morgan fingerprint density at radius 1 is 1.07 bits per heavy atom. The number of hydrogen-bond donors (Lipinski definition) is 0. The average molecular weight is 395 g/mol. The average Bonchev–Trinajstić information content (AvgIpc) is 3.32. The molecule has 0 aliphatic rings. The molecule has 2 aromatic carbocycles. The lowest BCUT2D eigenvalue weighted by Crippen LogP contribution is -1.98. The molecular formula is C21H22N4O2S. The number of ether oxygens (including phenoxy) is 1. The van der Waals surface area contributed by atoms with Crippen LogP contribution in [0, 0.1) is 0 Å². The van der Waals surface area contributed by atoms with Gasteiger partial charge in [-0.3, -0.25) is 4.57 Å². The van der Waals surface area contributed by atoms with Gasteiger partial charge in [-0.25, -0.2) is 4.98 Å². The van der Waals surface area contributed by atoms with Crippen molar-refractivity contribution in [1.82, 2.24) is 19.7 Å². The van der Waals surface area contributed by atoms with Crippen LogP contribution in [-0.2, 0) is 5.75 Å². The Morgan fingerprint density at radius 2 is 1.86 bits per heavy atom. The maximum Gasteiger partial charge on any atom is 0.226 e. The molecule has 2 heterocycles. The smallest absolute Gasteiger partial charge is 0.226 e. The molecule has 0 aliphatic heterocycles. The van der Waals surface area contributed by atoms with Crippen LogP contribution in [-0.4, -0.2) is 26.4 Å². The Bertz CT molecular complexity index is 1070. The molecule has 6 nitrogen and oxygen atoms in total. The second-order valence-corrected chi connectivity index (χ2v) is 7.57. The predicted molar refractivity (Wildman–Crippen MR) is 110 cm³/mol. The molecule has 7 heteroatoms. The lowest BCUT2D eigenvalue weighted by molar-refractivity contribution is 0.340. The van der Waals surface area contributed by atoms with E-state index in [-0.39, 0.29) is 5.92 Å². The van der Waals surface area contributed by atoms with Crippen molar-refractivity contribution < 1.29 is 9.15 Å². The van der Waals surface area contributed by atoms with E-state index in [0.29, 0.717) is 24.1 Å². The van der Waals surface area contributed by atoms with Crippen molar-refractivity contribution in [3.8, 4) is 11.4 Å². The molecule has 0 spiro atoms. The highest BCUT2D eigenvalue weighted by molar-refractivity contribution is 7.98. The molecule has 0 unspecified atom stereocenters. The highest BCUT2D eigenvalue weighted by Gasteiger charge is 2.15. The minimum absolute atomic E-state index is 0.222. The molecule has 0 N–H and O–H groups in total. The van der Waals surface area contributed by atoms with Crippen LogP contribution in [0.2, 0.25) is 0 Å². The number of imidazole rings is 1. The summed E-state index contributed by atoms with van der Waals surface area (Å²) in [4.78, 5) is 4.81. The maximum atomic E-state index is 5.73. The van der Waals surface area contributed by atoms with E-state index in [4.69, 9.17) is 14.1 Å². The summed E-state index contributed by atoms with van der Waals surface area (Å²) in [6.07, 6.45) is 0. The van der Waals surface area contributed by atoms with Crippen molar-refractivity contribution in [3.05, 3.63) is 60.3 Å². The zero-order chi connectivity index (χ0) is 19.5. The van der Waals surface area contributed by atoms with Gasteiger partial charge in [-0.1, -0.05) is 37.7 Å². The van der Waals surface area contributed by atoms with Crippen molar-refractivity contribution in [2.75, 3.05) is 6.61 Å². The summed E-state index contributed by atoms with van der Waals surface area (Å²) in [6.45, 7) is 6.71. The standard InChI is InChI=1S/C21H22N4O2S/c1-4-26-16-11-9-15(10-12-16)25-18-8-6-5-7-17(18)22-21(25)28-13-19-23-24-20(27-19)14(2)3/h5-12,14H,4,13H2,1-3H3. The number of fused-ring (bicyclic) bond motifs is 1. The van der Waals surface area contributed by atoms with Gasteiger partial charge in [0.2, 0.25) is 11.8 Å². The Labute approximate surface area is 167 Å². The molecule has 144 valence electrons. The summed E-state index contributed by atoms with van der Waals surface area (Å²) in [5, 5.41) is 9.14. The largest absolute Gasteiger partial charge is 0.494 e.